The molecule has 0 saturated heterocycles. The minimum atomic E-state index is -0.169. The quantitative estimate of drug-likeness (QED) is 0.821. The number of benzene rings is 1. The molecule has 0 radical (unpaired) electrons. The van der Waals surface area contributed by atoms with E-state index < -0.39 is 0 Å². The SMILES string of the molecule is Cc1cc(C)c(NC(=O)N/C=C/C2CCCCC2)c(C)c1. The molecule has 2 N–H and O–H groups in total. The van der Waals surface area contributed by atoms with Crippen LogP contribution in [0.15, 0.2) is 24.4 Å². The molecule has 0 heterocycles. The van der Waals surface area contributed by atoms with Crippen LogP contribution in [0.5, 0.6) is 0 Å². The smallest absolute Gasteiger partial charge is 0.315 e. The number of urea groups is 1. The summed E-state index contributed by atoms with van der Waals surface area (Å²) < 4.78 is 0. The Morgan fingerprint density at radius 1 is 1.10 bits per heavy atom. The third-order valence-electron chi connectivity index (χ3n) is 4.15. The Balaban J connectivity index is 1.88. The van der Waals surface area contributed by atoms with Crippen molar-refractivity contribution in [2.75, 3.05) is 5.32 Å². The second kappa shape index (κ2) is 7.30. The van der Waals surface area contributed by atoms with Crippen molar-refractivity contribution >= 4 is 11.7 Å². The van der Waals surface area contributed by atoms with Crippen LogP contribution in [-0.4, -0.2) is 6.03 Å². The van der Waals surface area contributed by atoms with Crippen molar-refractivity contribution in [1.29, 1.82) is 0 Å². The number of allylic oxidation sites excluding steroid dienone is 1. The number of rotatable bonds is 3. The second-order valence-electron chi connectivity index (χ2n) is 6.13. The number of carbonyl (C=O) groups excluding carboxylic acids is 1. The molecule has 0 spiro atoms. The molecule has 1 aromatic rings. The molecule has 1 fully saturated rings. The summed E-state index contributed by atoms with van der Waals surface area (Å²) in [6, 6.07) is 4.00. The van der Waals surface area contributed by atoms with Crippen molar-refractivity contribution in [3.63, 3.8) is 0 Å². The molecule has 0 atom stereocenters. The first-order valence-corrected chi connectivity index (χ1v) is 7.88. The van der Waals surface area contributed by atoms with Gasteiger partial charge in [-0.25, -0.2) is 4.79 Å². The van der Waals surface area contributed by atoms with E-state index in [-0.39, 0.29) is 6.03 Å². The molecule has 0 aromatic heterocycles. The zero-order chi connectivity index (χ0) is 15.2. The standard InChI is InChI=1S/C18H26N2O/c1-13-11-14(2)17(15(3)12-13)20-18(21)19-10-9-16-7-5-4-6-8-16/h9-12,16H,4-8H2,1-3H3,(H2,19,20,21)/b10-9+. The third-order valence-corrected chi connectivity index (χ3v) is 4.15. The molecule has 0 unspecified atom stereocenters. The summed E-state index contributed by atoms with van der Waals surface area (Å²) in [5, 5.41) is 5.76. The summed E-state index contributed by atoms with van der Waals surface area (Å²) >= 11 is 0. The summed E-state index contributed by atoms with van der Waals surface area (Å²) in [5.74, 6) is 0.627. The van der Waals surface area contributed by atoms with Gasteiger partial charge in [-0.05, 0) is 50.7 Å². The van der Waals surface area contributed by atoms with Gasteiger partial charge in [0.15, 0.2) is 0 Å². The number of amides is 2. The highest BCUT2D eigenvalue weighted by molar-refractivity contribution is 5.91. The summed E-state index contributed by atoms with van der Waals surface area (Å²) in [7, 11) is 0. The van der Waals surface area contributed by atoms with Crippen molar-refractivity contribution in [2.45, 2.75) is 52.9 Å². The van der Waals surface area contributed by atoms with E-state index in [9.17, 15) is 4.79 Å². The van der Waals surface area contributed by atoms with Crippen molar-refractivity contribution in [2.24, 2.45) is 5.92 Å². The number of aryl methyl sites for hydroxylation is 3. The van der Waals surface area contributed by atoms with Gasteiger partial charge >= 0.3 is 6.03 Å². The van der Waals surface area contributed by atoms with E-state index >= 15 is 0 Å². The molecule has 0 bridgehead atoms. The van der Waals surface area contributed by atoms with Crippen LogP contribution in [0.2, 0.25) is 0 Å². The van der Waals surface area contributed by atoms with Crippen LogP contribution in [0.25, 0.3) is 0 Å². The van der Waals surface area contributed by atoms with Crippen molar-refractivity contribution in [3.8, 4) is 0 Å². The number of carbonyl (C=O) groups is 1. The monoisotopic (exact) mass is 286 g/mol. The molecule has 1 aliphatic carbocycles. The average Bonchev–Trinajstić information content (AvgIpc) is 2.44. The average molecular weight is 286 g/mol. The van der Waals surface area contributed by atoms with Crippen LogP contribution in [0, 0.1) is 26.7 Å². The van der Waals surface area contributed by atoms with Gasteiger partial charge in [-0.2, -0.15) is 0 Å². The van der Waals surface area contributed by atoms with Gasteiger partial charge in [0.25, 0.3) is 0 Å². The van der Waals surface area contributed by atoms with Crippen LogP contribution >= 0.6 is 0 Å². The van der Waals surface area contributed by atoms with Crippen molar-refractivity contribution in [3.05, 3.63) is 41.1 Å². The highest BCUT2D eigenvalue weighted by Crippen LogP contribution is 2.24. The van der Waals surface area contributed by atoms with Gasteiger partial charge < -0.3 is 10.6 Å². The number of nitrogens with one attached hydrogen (secondary N) is 2. The Kier molecular flexibility index (Phi) is 5.43. The van der Waals surface area contributed by atoms with Crippen molar-refractivity contribution < 1.29 is 4.79 Å². The maximum atomic E-state index is 12.0. The molecule has 2 amide bonds. The first-order valence-electron chi connectivity index (χ1n) is 7.88. The van der Waals surface area contributed by atoms with Gasteiger partial charge in [-0.1, -0.05) is 43.0 Å². The summed E-state index contributed by atoms with van der Waals surface area (Å²) in [4.78, 5) is 12.0. The van der Waals surface area contributed by atoms with E-state index in [4.69, 9.17) is 0 Å². The predicted molar refractivity (Wildman–Crippen MR) is 88.5 cm³/mol. The largest absolute Gasteiger partial charge is 0.323 e. The maximum absolute atomic E-state index is 12.0. The first-order chi connectivity index (χ1) is 10.1. The van der Waals surface area contributed by atoms with E-state index in [1.807, 2.05) is 13.8 Å². The van der Waals surface area contributed by atoms with E-state index in [0.29, 0.717) is 5.92 Å². The van der Waals surface area contributed by atoms with Crippen LogP contribution in [0.3, 0.4) is 0 Å². The lowest BCUT2D eigenvalue weighted by Crippen LogP contribution is -2.25. The van der Waals surface area contributed by atoms with Gasteiger partial charge in [0, 0.05) is 11.9 Å². The number of anilines is 1. The third kappa shape index (κ3) is 4.62. The van der Waals surface area contributed by atoms with Crippen LogP contribution < -0.4 is 10.6 Å². The Labute approximate surface area is 127 Å². The van der Waals surface area contributed by atoms with E-state index in [0.717, 1.165) is 16.8 Å². The molecule has 114 valence electrons. The fourth-order valence-electron chi connectivity index (χ4n) is 3.11. The van der Waals surface area contributed by atoms with Gasteiger partial charge in [-0.3, -0.25) is 0 Å². The molecule has 0 aliphatic heterocycles. The molecule has 3 heteroatoms. The Bertz CT molecular complexity index is 505. The number of hydrogen-bond donors (Lipinski definition) is 2. The van der Waals surface area contributed by atoms with Gasteiger partial charge in [0.05, 0.1) is 0 Å². The zero-order valence-electron chi connectivity index (χ0n) is 13.3. The van der Waals surface area contributed by atoms with E-state index in [1.54, 1.807) is 6.20 Å². The Hall–Kier alpha value is -1.77. The van der Waals surface area contributed by atoms with Gasteiger partial charge in [0.2, 0.25) is 0 Å². The molecule has 2 rings (SSSR count). The van der Waals surface area contributed by atoms with E-state index in [1.165, 1.54) is 37.7 Å². The van der Waals surface area contributed by atoms with Gasteiger partial charge in [0.1, 0.15) is 0 Å². The van der Waals surface area contributed by atoms with Crippen molar-refractivity contribution in [1.82, 2.24) is 5.32 Å². The maximum Gasteiger partial charge on any atom is 0.323 e. The minimum Gasteiger partial charge on any atom is -0.315 e. The Morgan fingerprint density at radius 3 is 2.33 bits per heavy atom. The Morgan fingerprint density at radius 2 is 1.71 bits per heavy atom. The molecule has 1 aliphatic rings. The highest BCUT2D eigenvalue weighted by atomic mass is 16.2. The molecule has 1 aromatic carbocycles. The summed E-state index contributed by atoms with van der Waals surface area (Å²) in [6.07, 6.45) is 10.4. The first kappa shape index (κ1) is 15.6. The lowest BCUT2D eigenvalue weighted by Gasteiger charge is -2.17. The van der Waals surface area contributed by atoms with Gasteiger partial charge in [-0.15, -0.1) is 0 Å². The normalized spacial score (nSPS) is 16.1. The summed E-state index contributed by atoms with van der Waals surface area (Å²) in [5.41, 5.74) is 4.31. The topological polar surface area (TPSA) is 41.1 Å². The molecule has 21 heavy (non-hydrogen) atoms. The highest BCUT2D eigenvalue weighted by Gasteiger charge is 2.10. The fraction of sp³-hybridized carbons (Fsp3) is 0.500. The minimum absolute atomic E-state index is 0.169. The predicted octanol–water partition coefficient (Wildman–Crippen LogP) is 4.83. The van der Waals surface area contributed by atoms with Crippen LogP contribution in [-0.2, 0) is 0 Å². The molecule has 1 saturated carbocycles. The lowest BCUT2D eigenvalue weighted by molar-refractivity contribution is 0.255. The molecular weight excluding hydrogens is 260 g/mol. The summed E-state index contributed by atoms with van der Waals surface area (Å²) in [6.45, 7) is 6.11. The van der Waals surface area contributed by atoms with Crippen LogP contribution in [0.4, 0.5) is 10.5 Å². The lowest BCUT2D eigenvalue weighted by atomic mass is 9.89. The molecular formula is C18H26N2O. The molecule has 3 nitrogen and oxygen atoms in total. The second-order valence-corrected chi connectivity index (χ2v) is 6.13. The van der Waals surface area contributed by atoms with Crippen LogP contribution in [0.1, 0.15) is 48.8 Å². The fourth-order valence-corrected chi connectivity index (χ4v) is 3.11. The number of hydrogen-bond acceptors (Lipinski definition) is 1. The van der Waals surface area contributed by atoms with E-state index in [2.05, 4.69) is 35.8 Å². The zero-order valence-corrected chi connectivity index (χ0v) is 13.3.